The highest BCUT2D eigenvalue weighted by molar-refractivity contribution is 6.08. The number of carbonyl (C=O) groups excluding carboxylic acids is 2. The van der Waals surface area contributed by atoms with Crippen molar-refractivity contribution in [2.75, 3.05) is 26.1 Å². The molecule has 0 radical (unpaired) electrons. The summed E-state index contributed by atoms with van der Waals surface area (Å²) in [4.78, 5) is 24.3. The summed E-state index contributed by atoms with van der Waals surface area (Å²) in [5, 5.41) is 4.54. The second-order valence-corrected chi connectivity index (χ2v) is 6.91. The van der Waals surface area contributed by atoms with Crippen LogP contribution >= 0.6 is 0 Å². The molecule has 1 aromatic heterocycles. The third-order valence-corrected chi connectivity index (χ3v) is 4.85. The molecule has 32 heavy (non-hydrogen) atoms. The highest BCUT2D eigenvalue weighted by atomic mass is 16.5. The van der Waals surface area contributed by atoms with Gasteiger partial charge in [-0.1, -0.05) is 30.3 Å². The monoisotopic (exact) mass is 431 g/mol. The molecule has 0 saturated heterocycles. The molecule has 4 aromatic rings. The maximum atomic E-state index is 12.3. The molecule has 0 aliphatic rings. The van der Waals surface area contributed by atoms with Crippen molar-refractivity contribution in [3.8, 4) is 11.5 Å². The van der Waals surface area contributed by atoms with Crippen molar-refractivity contribution in [1.29, 1.82) is 0 Å². The molecular weight excluding hydrogens is 410 g/mol. The van der Waals surface area contributed by atoms with Gasteiger partial charge in [-0.15, -0.1) is 0 Å². The Labute approximate surface area is 184 Å². The summed E-state index contributed by atoms with van der Waals surface area (Å²) < 4.78 is 21.4. The van der Waals surface area contributed by atoms with Crippen LogP contribution < -0.4 is 14.8 Å². The van der Waals surface area contributed by atoms with Gasteiger partial charge in [-0.2, -0.15) is 0 Å². The van der Waals surface area contributed by atoms with Crippen molar-refractivity contribution >= 4 is 45.6 Å². The highest BCUT2D eigenvalue weighted by Gasteiger charge is 2.14. The number of benzene rings is 3. The summed E-state index contributed by atoms with van der Waals surface area (Å²) in [6.45, 7) is -0.437. The summed E-state index contributed by atoms with van der Waals surface area (Å²) in [5.41, 5.74) is 2.58. The lowest BCUT2D eigenvalue weighted by Gasteiger charge is -2.10. The topological polar surface area (TPSA) is 87.0 Å². The lowest BCUT2D eigenvalue weighted by Crippen LogP contribution is -2.20. The molecule has 0 spiro atoms. The second-order valence-electron chi connectivity index (χ2n) is 6.91. The molecule has 4 rings (SSSR count). The van der Waals surface area contributed by atoms with Gasteiger partial charge in [0.1, 0.15) is 22.7 Å². The number of amides is 1. The number of esters is 1. The van der Waals surface area contributed by atoms with Crippen molar-refractivity contribution in [3.63, 3.8) is 0 Å². The van der Waals surface area contributed by atoms with Crippen LogP contribution in [0.1, 0.15) is 5.56 Å². The third-order valence-electron chi connectivity index (χ3n) is 4.85. The molecule has 0 unspecified atom stereocenters. The number of rotatable bonds is 7. The minimum absolute atomic E-state index is 0.425. The van der Waals surface area contributed by atoms with E-state index in [1.807, 2.05) is 24.3 Å². The van der Waals surface area contributed by atoms with E-state index >= 15 is 0 Å². The number of hydrogen-bond acceptors (Lipinski definition) is 6. The number of ether oxygens (including phenoxy) is 3. The summed E-state index contributed by atoms with van der Waals surface area (Å²) in [6.07, 6.45) is 2.86. The van der Waals surface area contributed by atoms with Gasteiger partial charge in [0.05, 0.1) is 19.9 Å². The molecule has 1 N–H and O–H groups in total. The molecule has 1 heterocycles. The zero-order valence-corrected chi connectivity index (χ0v) is 17.6. The minimum atomic E-state index is -0.629. The smallest absolute Gasteiger partial charge is 0.331 e. The number of hydrogen-bond donors (Lipinski definition) is 1. The maximum Gasteiger partial charge on any atom is 0.331 e. The molecule has 0 saturated carbocycles. The predicted molar refractivity (Wildman–Crippen MR) is 122 cm³/mol. The molecule has 7 heteroatoms. The fourth-order valence-electron chi connectivity index (χ4n) is 3.27. The SMILES string of the molecule is COc1ccc(/C=C/C(=O)OCC(=O)Nc2cc3oc4ccccc4c3cc2OC)cc1. The van der Waals surface area contributed by atoms with Crippen LogP contribution in [0.3, 0.4) is 0 Å². The van der Waals surface area contributed by atoms with Gasteiger partial charge in [-0.05, 0) is 35.9 Å². The molecule has 3 aromatic carbocycles. The van der Waals surface area contributed by atoms with E-state index in [-0.39, 0.29) is 0 Å². The minimum Gasteiger partial charge on any atom is -0.497 e. The first-order valence-electron chi connectivity index (χ1n) is 9.85. The number of anilines is 1. The van der Waals surface area contributed by atoms with Crippen molar-refractivity contribution in [2.24, 2.45) is 0 Å². The molecular formula is C25H21NO6. The first kappa shape index (κ1) is 21.0. The van der Waals surface area contributed by atoms with E-state index in [0.717, 1.165) is 27.7 Å². The molecule has 7 nitrogen and oxygen atoms in total. The molecule has 162 valence electrons. The Bertz CT molecular complexity index is 1300. The average molecular weight is 431 g/mol. The normalized spacial score (nSPS) is 11.1. The van der Waals surface area contributed by atoms with Gasteiger partial charge < -0.3 is 23.9 Å². The van der Waals surface area contributed by atoms with Crippen LogP contribution in [-0.4, -0.2) is 32.7 Å². The summed E-state index contributed by atoms with van der Waals surface area (Å²) in [7, 11) is 3.10. The van der Waals surface area contributed by atoms with E-state index in [9.17, 15) is 9.59 Å². The van der Waals surface area contributed by atoms with Gasteiger partial charge in [-0.25, -0.2) is 4.79 Å². The Kier molecular flexibility index (Phi) is 6.07. The predicted octanol–water partition coefficient (Wildman–Crippen LogP) is 4.80. The van der Waals surface area contributed by atoms with E-state index in [0.29, 0.717) is 17.0 Å². The average Bonchev–Trinajstić information content (AvgIpc) is 3.18. The van der Waals surface area contributed by atoms with E-state index < -0.39 is 18.5 Å². The summed E-state index contributed by atoms with van der Waals surface area (Å²) >= 11 is 0. The highest BCUT2D eigenvalue weighted by Crippen LogP contribution is 2.36. The van der Waals surface area contributed by atoms with Gasteiger partial charge in [0.25, 0.3) is 5.91 Å². The lowest BCUT2D eigenvalue weighted by molar-refractivity contribution is -0.142. The first-order chi connectivity index (χ1) is 15.6. The van der Waals surface area contributed by atoms with Crippen LogP contribution in [0.5, 0.6) is 11.5 Å². The molecule has 0 fully saturated rings. The fourth-order valence-corrected chi connectivity index (χ4v) is 3.27. The largest absolute Gasteiger partial charge is 0.497 e. The molecule has 1 amide bonds. The number of para-hydroxylation sites is 1. The van der Waals surface area contributed by atoms with Crippen LogP contribution in [-0.2, 0) is 14.3 Å². The number of fused-ring (bicyclic) bond motifs is 3. The molecule has 0 bridgehead atoms. The number of methoxy groups -OCH3 is 2. The van der Waals surface area contributed by atoms with Crippen molar-refractivity contribution in [1.82, 2.24) is 0 Å². The zero-order chi connectivity index (χ0) is 22.5. The Morgan fingerprint density at radius 3 is 2.47 bits per heavy atom. The van der Waals surface area contributed by atoms with Gasteiger partial charge in [0, 0.05) is 22.9 Å². The van der Waals surface area contributed by atoms with E-state index in [2.05, 4.69) is 5.32 Å². The van der Waals surface area contributed by atoms with Gasteiger partial charge in [0.15, 0.2) is 6.61 Å². The van der Waals surface area contributed by atoms with Gasteiger partial charge in [-0.3, -0.25) is 4.79 Å². The van der Waals surface area contributed by atoms with E-state index in [1.165, 1.54) is 13.2 Å². The Morgan fingerprint density at radius 2 is 1.72 bits per heavy atom. The summed E-state index contributed by atoms with van der Waals surface area (Å²) in [5.74, 6) is 0.0708. The van der Waals surface area contributed by atoms with Crippen LogP contribution in [0.4, 0.5) is 5.69 Å². The quantitative estimate of drug-likeness (QED) is 0.334. The van der Waals surface area contributed by atoms with E-state index in [1.54, 1.807) is 49.6 Å². The number of carbonyl (C=O) groups is 2. The fraction of sp³-hybridized carbons (Fsp3) is 0.120. The van der Waals surface area contributed by atoms with Crippen LogP contribution in [0.2, 0.25) is 0 Å². The maximum absolute atomic E-state index is 12.3. The first-order valence-corrected chi connectivity index (χ1v) is 9.85. The molecule has 0 aliphatic heterocycles. The third kappa shape index (κ3) is 4.57. The number of furan rings is 1. The Hall–Kier alpha value is -4.26. The zero-order valence-electron chi connectivity index (χ0n) is 17.6. The van der Waals surface area contributed by atoms with Crippen LogP contribution in [0.25, 0.3) is 28.0 Å². The Balaban J connectivity index is 1.40. The molecule has 0 aliphatic carbocycles. The van der Waals surface area contributed by atoms with Crippen LogP contribution in [0.15, 0.2) is 71.2 Å². The Morgan fingerprint density at radius 1 is 0.938 bits per heavy atom. The van der Waals surface area contributed by atoms with Crippen molar-refractivity contribution < 1.29 is 28.2 Å². The van der Waals surface area contributed by atoms with E-state index in [4.69, 9.17) is 18.6 Å². The standard InChI is InChI=1S/C25H21NO6/c1-29-17-10-7-16(8-11-17)9-12-25(28)31-15-24(27)26-20-14-22-19(13-23(20)30-2)18-5-3-4-6-21(18)32-22/h3-14H,15H2,1-2H3,(H,26,27)/b12-9+. The van der Waals surface area contributed by atoms with Crippen molar-refractivity contribution in [2.45, 2.75) is 0 Å². The number of nitrogens with one attached hydrogen (secondary N) is 1. The van der Waals surface area contributed by atoms with Gasteiger partial charge >= 0.3 is 5.97 Å². The second kappa shape index (κ2) is 9.26. The van der Waals surface area contributed by atoms with Crippen molar-refractivity contribution in [3.05, 3.63) is 72.3 Å². The van der Waals surface area contributed by atoms with Gasteiger partial charge in [0.2, 0.25) is 0 Å². The molecule has 0 atom stereocenters. The summed E-state index contributed by atoms with van der Waals surface area (Å²) in [6, 6.07) is 18.3. The van der Waals surface area contributed by atoms with Crippen LogP contribution in [0, 0.1) is 0 Å². The lowest BCUT2D eigenvalue weighted by atomic mass is 10.1.